The minimum absolute atomic E-state index is 0.0821. The molecular weight excluding hydrogens is 682 g/mol. The van der Waals surface area contributed by atoms with E-state index in [4.69, 9.17) is 33.5 Å². The Balaban J connectivity index is 1.42. The van der Waals surface area contributed by atoms with Crippen molar-refractivity contribution in [2.75, 3.05) is 23.3 Å². The maximum absolute atomic E-state index is 13.7. The lowest BCUT2D eigenvalue weighted by atomic mass is 9.93. The van der Waals surface area contributed by atoms with E-state index >= 15 is 0 Å². The number of nitrogens with one attached hydrogen (secondary N) is 3. The molecule has 52 heavy (non-hydrogen) atoms. The van der Waals surface area contributed by atoms with Crippen molar-refractivity contribution in [3.05, 3.63) is 88.2 Å². The zero-order chi connectivity index (χ0) is 37.8. The predicted octanol–water partition coefficient (Wildman–Crippen LogP) is 5.93. The van der Waals surface area contributed by atoms with E-state index in [2.05, 4.69) is 43.9 Å². The lowest BCUT2D eigenvalue weighted by Crippen LogP contribution is -2.47. The van der Waals surface area contributed by atoms with Crippen molar-refractivity contribution >= 4 is 63.6 Å². The average molecular weight is 730 g/mol. The Bertz CT molecular complexity index is 1910. The van der Waals surface area contributed by atoms with Crippen LogP contribution in [0.25, 0.3) is 10.8 Å². The smallest absolute Gasteiger partial charge is 0.408 e. The number of aromatic nitrogens is 2. The first-order chi connectivity index (χ1) is 24.7. The number of rotatable bonds is 14. The van der Waals surface area contributed by atoms with Crippen LogP contribution in [0.15, 0.2) is 65.7 Å². The number of carbonyl (C=O) groups is 3. The molecule has 13 nitrogen and oxygen atoms in total. The molecule has 0 aliphatic heterocycles. The average Bonchev–Trinajstić information content (AvgIpc) is 3.08. The summed E-state index contributed by atoms with van der Waals surface area (Å²) in [7, 11) is 0. The Morgan fingerprint density at radius 2 is 1.56 bits per heavy atom. The molecular formula is C38H48ClN9O4. The lowest BCUT2D eigenvalue weighted by Gasteiger charge is -2.24. The Kier molecular flexibility index (Phi) is 13.8. The van der Waals surface area contributed by atoms with Gasteiger partial charge in [-0.2, -0.15) is 0 Å². The number of unbranched alkanes of at least 4 members (excludes halogenated alkanes) is 2. The number of nitrogens with two attached hydrogens (primary N) is 3. The third kappa shape index (κ3) is 11.6. The molecule has 1 heterocycles. The highest BCUT2D eigenvalue weighted by Crippen LogP contribution is 2.26. The van der Waals surface area contributed by atoms with Crippen LogP contribution >= 0.6 is 11.6 Å². The quantitative estimate of drug-likeness (QED) is 0.0515. The van der Waals surface area contributed by atoms with Gasteiger partial charge in [0.15, 0.2) is 28.4 Å². The number of hydrogen-bond donors (Lipinski definition) is 6. The fourth-order valence-electron chi connectivity index (χ4n) is 5.51. The second-order valence-corrected chi connectivity index (χ2v) is 13.8. The second-order valence-electron chi connectivity index (χ2n) is 13.4. The Morgan fingerprint density at radius 1 is 0.885 bits per heavy atom. The number of guanidine groups is 1. The number of fused-ring (bicyclic) bond motifs is 1. The highest BCUT2D eigenvalue weighted by molar-refractivity contribution is 6.31. The van der Waals surface area contributed by atoms with E-state index in [-0.39, 0.29) is 40.8 Å². The second kappa shape index (κ2) is 18.2. The van der Waals surface area contributed by atoms with E-state index in [0.717, 1.165) is 54.0 Å². The molecule has 0 spiro atoms. The standard InChI is InChI=1S/C38H48ClN9O4/c1-5-6-11-23-15-19-26(20-16-23)44-34(49)29(45-37(51)52-38(2,3)4)22-25-18-17-24(27-13-7-8-14-28(25)27)12-9-10-21-43-36(42)48-35(50)30-32(40)47-33(41)31(39)46-30/h7-8,13-20,29H,5-6,9-12,21-22H2,1-4H3,(H,44,49)(H,45,51)(H4,40,41,47)(H3,42,43,48,50)/t29-/m0/s1. The summed E-state index contributed by atoms with van der Waals surface area (Å²) in [5.41, 5.74) is 20.2. The molecule has 0 bridgehead atoms. The van der Waals surface area contributed by atoms with E-state index in [9.17, 15) is 14.4 Å². The van der Waals surface area contributed by atoms with Gasteiger partial charge in [-0.15, -0.1) is 0 Å². The molecule has 1 atom stereocenters. The van der Waals surface area contributed by atoms with Crippen molar-refractivity contribution in [2.45, 2.75) is 84.3 Å². The molecule has 4 aromatic rings. The zero-order valence-corrected chi connectivity index (χ0v) is 30.8. The first-order valence-electron chi connectivity index (χ1n) is 17.3. The van der Waals surface area contributed by atoms with Crippen molar-refractivity contribution in [1.82, 2.24) is 20.6 Å². The molecule has 14 heteroatoms. The molecule has 0 radical (unpaired) electrons. The van der Waals surface area contributed by atoms with E-state index in [1.54, 1.807) is 20.8 Å². The number of halogens is 1. The monoisotopic (exact) mass is 729 g/mol. The van der Waals surface area contributed by atoms with Crippen molar-refractivity contribution in [2.24, 2.45) is 10.7 Å². The number of hydrogen-bond acceptors (Lipinski definition) is 9. The Morgan fingerprint density at radius 3 is 2.23 bits per heavy atom. The summed E-state index contributed by atoms with van der Waals surface area (Å²) in [5, 5.41) is 10.1. The fourth-order valence-corrected chi connectivity index (χ4v) is 5.64. The summed E-state index contributed by atoms with van der Waals surface area (Å²) in [4.78, 5) is 50.9. The number of carbonyl (C=O) groups excluding carboxylic acids is 3. The molecule has 4 rings (SSSR count). The van der Waals surface area contributed by atoms with Gasteiger partial charge in [-0.05, 0) is 92.5 Å². The molecule has 9 N–H and O–H groups in total. The van der Waals surface area contributed by atoms with Crippen molar-refractivity contribution < 1.29 is 19.1 Å². The third-order valence-electron chi connectivity index (χ3n) is 8.07. The third-order valence-corrected chi connectivity index (χ3v) is 8.35. The van der Waals surface area contributed by atoms with Crippen molar-refractivity contribution in [1.29, 1.82) is 0 Å². The first-order valence-corrected chi connectivity index (χ1v) is 17.7. The number of nitrogen functional groups attached to an aromatic ring is 2. The first kappa shape index (κ1) is 39.4. The molecule has 0 unspecified atom stereocenters. The summed E-state index contributed by atoms with van der Waals surface area (Å²) < 4.78 is 5.51. The van der Waals surface area contributed by atoms with Crippen LogP contribution in [0.3, 0.4) is 0 Å². The number of ether oxygens (including phenoxy) is 1. The Hall–Kier alpha value is -5.43. The van der Waals surface area contributed by atoms with Gasteiger partial charge in [-0.3, -0.25) is 19.9 Å². The molecule has 0 aliphatic carbocycles. The molecule has 3 aromatic carbocycles. The van der Waals surface area contributed by atoms with E-state index in [1.807, 2.05) is 54.6 Å². The van der Waals surface area contributed by atoms with Crippen LogP contribution in [0.2, 0.25) is 5.15 Å². The summed E-state index contributed by atoms with van der Waals surface area (Å²) in [6.07, 6.45) is 5.02. The summed E-state index contributed by atoms with van der Waals surface area (Å²) in [6.45, 7) is 7.86. The number of amides is 3. The Labute approximate surface area is 309 Å². The van der Waals surface area contributed by atoms with Crippen LogP contribution < -0.4 is 33.2 Å². The lowest BCUT2D eigenvalue weighted by molar-refractivity contribution is -0.118. The topological polar surface area (TPSA) is 213 Å². The largest absolute Gasteiger partial charge is 0.444 e. The van der Waals surface area contributed by atoms with Gasteiger partial charge in [0.25, 0.3) is 5.91 Å². The van der Waals surface area contributed by atoms with E-state index in [0.29, 0.717) is 18.7 Å². The molecule has 1 aromatic heterocycles. The number of nitrogens with zero attached hydrogens (tertiary/aromatic N) is 3. The van der Waals surface area contributed by atoms with Crippen LogP contribution in [-0.2, 0) is 28.8 Å². The highest BCUT2D eigenvalue weighted by Gasteiger charge is 2.26. The minimum Gasteiger partial charge on any atom is -0.444 e. The van der Waals surface area contributed by atoms with Crippen LogP contribution in [0.4, 0.5) is 22.1 Å². The van der Waals surface area contributed by atoms with E-state index in [1.165, 1.54) is 5.56 Å². The molecule has 276 valence electrons. The van der Waals surface area contributed by atoms with Crippen molar-refractivity contribution in [3.8, 4) is 0 Å². The fraction of sp³-hybridized carbons (Fsp3) is 0.368. The number of anilines is 3. The molecule has 0 saturated heterocycles. The maximum Gasteiger partial charge on any atom is 0.408 e. The summed E-state index contributed by atoms with van der Waals surface area (Å²) in [5.74, 6) is -1.38. The minimum atomic E-state index is -0.895. The number of alkyl carbamates (subject to hydrolysis) is 1. The van der Waals surface area contributed by atoms with Crippen molar-refractivity contribution in [3.63, 3.8) is 0 Å². The number of aliphatic imine (C=N–C) groups is 1. The van der Waals surface area contributed by atoms with Gasteiger partial charge in [0, 0.05) is 18.7 Å². The van der Waals surface area contributed by atoms with Gasteiger partial charge >= 0.3 is 6.09 Å². The van der Waals surface area contributed by atoms with Gasteiger partial charge in [0.1, 0.15) is 11.6 Å². The highest BCUT2D eigenvalue weighted by atomic mass is 35.5. The van der Waals surface area contributed by atoms with Crippen LogP contribution in [0, 0.1) is 0 Å². The SMILES string of the molecule is CCCCc1ccc(NC(=O)[C@H](Cc2ccc(CCCCN=C(N)NC(=O)c3nc(Cl)c(N)nc3N)c3ccccc23)NC(=O)OC(C)(C)C)cc1. The van der Waals surface area contributed by atoms with Crippen LogP contribution in [0.5, 0.6) is 0 Å². The number of benzene rings is 3. The summed E-state index contributed by atoms with van der Waals surface area (Å²) >= 11 is 5.86. The van der Waals surface area contributed by atoms with Gasteiger partial charge in [0.2, 0.25) is 5.91 Å². The van der Waals surface area contributed by atoms with Gasteiger partial charge < -0.3 is 32.6 Å². The predicted molar refractivity (Wildman–Crippen MR) is 207 cm³/mol. The van der Waals surface area contributed by atoms with Crippen LogP contribution in [-0.4, -0.2) is 52.0 Å². The molecule has 0 saturated carbocycles. The van der Waals surface area contributed by atoms with E-state index < -0.39 is 23.6 Å². The normalized spacial score (nSPS) is 12.3. The number of aryl methyl sites for hydroxylation is 2. The molecule has 3 amide bonds. The zero-order valence-electron chi connectivity index (χ0n) is 30.1. The summed E-state index contributed by atoms with van der Waals surface area (Å²) in [6, 6.07) is 19.0. The van der Waals surface area contributed by atoms with Gasteiger partial charge in [-0.25, -0.2) is 14.8 Å². The van der Waals surface area contributed by atoms with Gasteiger partial charge in [-0.1, -0.05) is 73.5 Å². The van der Waals surface area contributed by atoms with Gasteiger partial charge in [0.05, 0.1) is 0 Å². The van der Waals surface area contributed by atoms with Crippen LogP contribution in [0.1, 0.15) is 80.6 Å². The maximum atomic E-state index is 13.7. The molecule has 0 fully saturated rings. The molecule has 0 aliphatic rings.